The van der Waals surface area contributed by atoms with E-state index in [1.54, 1.807) is 109 Å². The topological polar surface area (TPSA) is 192 Å². The molecule has 0 saturated carbocycles. The molecule has 4 unspecified atom stereocenters. The number of nitrogens with zero attached hydrogens (tertiary/aromatic N) is 2. The van der Waals surface area contributed by atoms with Crippen LogP contribution in [0.1, 0.15) is 19.3 Å². The fraction of sp³-hybridized carbons (Fsp3) is 0.217. The van der Waals surface area contributed by atoms with E-state index in [4.69, 9.17) is 64.1 Å². The molecule has 0 aliphatic carbocycles. The molecule has 0 aromatic heterocycles. The van der Waals surface area contributed by atoms with Gasteiger partial charge in [0.2, 0.25) is 17.2 Å². The third kappa shape index (κ3) is 16.0. The Balaban J connectivity index is 0.000000215. The Kier molecular flexibility index (Phi) is 18.7. The van der Waals surface area contributed by atoms with Gasteiger partial charge in [-0.05, 0) is 141 Å². The monoisotopic (exact) mass is 1090 g/mol. The lowest BCUT2D eigenvalue weighted by Crippen LogP contribution is -2.40. The lowest BCUT2D eigenvalue weighted by Gasteiger charge is -2.28. The first-order valence-electron chi connectivity index (χ1n) is 21.3. The molecule has 2 heterocycles. The molecule has 24 heteroatoms. The first-order chi connectivity index (χ1) is 33.8. The van der Waals surface area contributed by atoms with E-state index in [1.807, 2.05) is 17.0 Å². The second-order valence-corrected chi connectivity index (χ2v) is 21.4. The average molecular weight is 1090 g/mol. The number of sulfone groups is 1. The van der Waals surface area contributed by atoms with Crippen molar-refractivity contribution in [3.8, 4) is 51.7 Å². The van der Waals surface area contributed by atoms with Crippen LogP contribution in [0.3, 0.4) is 0 Å². The van der Waals surface area contributed by atoms with Gasteiger partial charge in [0, 0.05) is 71.9 Å². The number of halogens is 2. The Hall–Kier alpha value is -5.95. The van der Waals surface area contributed by atoms with Gasteiger partial charge in [-0.1, -0.05) is 35.3 Å². The number of piperidine rings is 1. The highest BCUT2D eigenvalue weighted by atomic mass is 35.5. The first-order valence-corrected chi connectivity index (χ1v) is 28.2. The molecule has 0 bridgehead atoms. The summed E-state index contributed by atoms with van der Waals surface area (Å²) in [4.78, 5) is 4.30. The van der Waals surface area contributed by atoms with Crippen LogP contribution in [-0.4, -0.2) is 53.2 Å². The van der Waals surface area contributed by atoms with Gasteiger partial charge in [-0.3, -0.25) is 0 Å². The summed E-state index contributed by atoms with van der Waals surface area (Å²) in [6, 6.07) is 37.6. The Bertz CT molecular complexity index is 2790. The fourth-order valence-electron chi connectivity index (χ4n) is 6.73. The maximum absolute atomic E-state index is 12.5. The van der Waals surface area contributed by atoms with Crippen LogP contribution in [0.25, 0.3) is 0 Å². The molecule has 6 aromatic rings. The van der Waals surface area contributed by atoms with Crippen LogP contribution in [0.5, 0.6) is 51.7 Å². The molecule has 2 aliphatic rings. The summed E-state index contributed by atoms with van der Waals surface area (Å²) in [5.74, 6) is 2.28. The maximum Gasteiger partial charge on any atom is 0.805 e. The second-order valence-electron chi connectivity index (χ2n) is 15.0. The number of rotatable bonds is 19. The lowest BCUT2D eigenvalue weighted by atomic mass is 10.1. The zero-order chi connectivity index (χ0) is 49.5. The predicted octanol–water partition coefficient (Wildman–Crippen LogP) is 13.4. The molecule has 8 rings (SSSR count). The van der Waals surface area contributed by atoms with Crippen molar-refractivity contribution in [1.82, 2.24) is 0 Å². The zero-order valence-corrected chi connectivity index (χ0v) is 43.0. The third-order valence-corrected chi connectivity index (χ3v) is 15.1. The Morgan fingerprint density at radius 2 is 0.771 bits per heavy atom. The SMILES string of the molecule is COc1c(O[P+](=O)Oc2ccc(Cl)cc2)cccc1O[P+](=O)Oc1ccc(Cl)cc1.O=[P+](Oc1ccc(N2CCCCC2)cc1)Oc1cccc(O[P+](=O)Oc2ccc(N3CCS(=O)(=O)CC3)cc2)c1. The van der Waals surface area contributed by atoms with E-state index in [2.05, 4.69) is 4.90 Å². The highest BCUT2D eigenvalue weighted by Crippen LogP contribution is 2.45. The molecule has 6 aromatic carbocycles. The summed E-state index contributed by atoms with van der Waals surface area (Å²) < 4.78 is 121. The van der Waals surface area contributed by atoms with Crippen molar-refractivity contribution < 1.29 is 67.6 Å². The third-order valence-electron chi connectivity index (χ3n) is 10.1. The molecule has 4 atom stereocenters. The molecule has 0 amide bonds. The van der Waals surface area contributed by atoms with Crippen molar-refractivity contribution in [2.45, 2.75) is 19.3 Å². The Labute approximate surface area is 418 Å². The predicted molar refractivity (Wildman–Crippen MR) is 268 cm³/mol. The van der Waals surface area contributed by atoms with Gasteiger partial charge < -0.3 is 14.5 Å². The van der Waals surface area contributed by atoms with Gasteiger partial charge in [0.1, 0.15) is 0 Å². The average Bonchev–Trinajstić information content (AvgIpc) is 3.34. The number of hydrogen-bond donors (Lipinski definition) is 0. The Morgan fingerprint density at radius 1 is 0.429 bits per heavy atom. The largest absolute Gasteiger partial charge is 0.805 e. The fourth-order valence-corrected chi connectivity index (χ4v) is 10.7. The summed E-state index contributed by atoms with van der Waals surface area (Å²) in [7, 11) is -11.8. The van der Waals surface area contributed by atoms with Crippen molar-refractivity contribution in [2.75, 3.05) is 54.6 Å². The van der Waals surface area contributed by atoms with Crippen LogP contribution in [0, 0.1) is 0 Å². The molecule has 0 spiro atoms. The molecule has 2 aliphatic heterocycles. The molecule has 0 N–H and O–H groups in total. The molecular formula is C46H44Cl2N2O15P4S+4. The summed E-state index contributed by atoms with van der Waals surface area (Å²) in [5, 5.41) is 1.03. The lowest BCUT2D eigenvalue weighted by molar-refractivity contribution is 0.354. The van der Waals surface area contributed by atoms with Gasteiger partial charge in [-0.15, -0.1) is 0 Å². The van der Waals surface area contributed by atoms with Gasteiger partial charge in [-0.2, -0.15) is 0 Å². The minimum absolute atomic E-state index is 0.0694. The van der Waals surface area contributed by atoms with E-state index in [0.29, 0.717) is 46.1 Å². The number of para-hydroxylation sites is 1. The highest BCUT2D eigenvalue weighted by Gasteiger charge is 2.33. The van der Waals surface area contributed by atoms with Crippen LogP contribution in [0.4, 0.5) is 11.4 Å². The molecular weight excluding hydrogens is 1050 g/mol. The first kappa shape index (κ1) is 51.9. The second kappa shape index (κ2) is 25.3. The summed E-state index contributed by atoms with van der Waals surface area (Å²) in [6.45, 7) is 2.93. The molecule has 17 nitrogen and oxygen atoms in total. The van der Waals surface area contributed by atoms with Crippen LogP contribution in [0.15, 0.2) is 140 Å². The van der Waals surface area contributed by atoms with Gasteiger partial charge in [-0.25, -0.2) is 44.6 Å². The summed E-state index contributed by atoms with van der Waals surface area (Å²) in [5.41, 5.74) is 1.97. The molecule has 364 valence electrons. The number of methoxy groups -OCH3 is 1. The number of benzene rings is 6. The van der Waals surface area contributed by atoms with Crippen molar-refractivity contribution in [2.24, 2.45) is 0 Å². The van der Waals surface area contributed by atoms with E-state index in [9.17, 15) is 26.7 Å². The maximum atomic E-state index is 12.5. The number of hydrogen-bond acceptors (Lipinski definition) is 17. The van der Waals surface area contributed by atoms with Crippen molar-refractivity contribution in [3.63, 3.8) is 0 Å². The Morgan fingerprint density at radius 3 is 1.17 bits per heavy atom. The standard InChI is InChI=1S/C27H30N2O8P2S.C19H14Cl2O7P2/c30-38(34-24-11-7-22(8-12-24)28-15-2-1-3-16-28)36-26-5-4-6-27(21-26)37-39(31)35-25-13-9-23(10-14-25)29-17-19-40(32,33)20-18-29;1-24-19-17(27-29(22)25-15-9-5-13(20)6-10-15)3-2-4-18(19)28-30(23)26-16-11-7-14(21)8-12-16/h4-14,21H,1-3,15-20H2;2-12H,1H3/q2*+2. The van der Waals surface area contributed by atoms with E-state index >= 15 is 0 Å². The van der Waals surface area contributed by atoms with E-state index in [1.165, 1.54) is 44.6 Å². The van der Waals surface area contributed by atoms with Crippen LogP contribution < -0.4 is 50.7 Å². The number of ether oxygens (including phenoxy) is 1. The van der Waals surface area contributed by atoms with E-state index in [0.717, 1.165) is 24.5 Å². The zero-order valence-electron chi connectivity index (χ0n) is 37.1. The van der Waals surface area contributed by atoms with Crippen molar-refractivity contribution >= 4 is 77.4 Å². The molecule has 2 saturated heterocycles. The minimum atomic E-state index is -2.96. The van der Waals surface area contributed by atoms with E-state index < -0.39 is 42.9 Å². The van der Waals surface area contributed by atoms with Gasteiger partial charge in [0.25, 0.3) is 0 Å². The van der Waals surface area contributed by atoms with Gasteiger partial charge in [0.05, 0.1) is 18.6 Å². The van der Waals surface area contributed by atoms with Crippen LogP contribution >= 0.6 is 56.2 Å². The quantitative estimate of drug-likeness (QED) is 0.0695. The minimum Gasteiger partial charge on any atom is -0.489 e. The van der Waals surface area contributed by atoms with Crippen molar-refractivity contribution in [3.05, 3.63) is 150 Å². The normalized spacial score (nSPS) is 14.8. The van der Waals surface area contributed by atoms with Crippen LogP contribution in [0.2, 0.25) is 10.0 Å². The van der Waals surface area contributed by atoms with E-state index in [-0.39, 0.29) is 40.3 Å². The van der Waals surface area contributed by atoms with Gasteiger partial charge in [0.15, 0.2) is 44.3 Å². The highest BCUT2D eigenvalue weighted by molar-refractivity contribution is 7.91. The summed E-state index contributed by atoms with van der Waals surface area (Å²) >= 11 is 11.6. The molecule has 70 heavy (non-hydrogen) atoms. The van der Waals surface area contributed by atoms with Crippen LogP contribution in [-0.2, 0) is 28.1 Å². The van der Waals surface area contributed by atoms with Gasteiger partial charge >= 0.3 is 33.0 Å². The number of anilines is 2. The molecule has 2 fully saturated rings. The smallest absolute Gasteiger partial charge is 0.489 e. The summed E-state index contributed by atoms with van der Waals surface area (Å²) in [6.07, 6.45) is 3.63. The molecule has 0 radical (unpaired) electrons. The van der Waals surface area contributed by atoms with Crippen molar-refractivity contribution in [1.29, 1.82) is 0 Å².